The molecule has 0 saturated heterocycles. The van der Waals surface area contributed by atoms with Gasteiger partial charge in [-0.1, -0.05) is 170 Å². The summed E-state index contributed by atoms with van der Waals surface area (Å²) in [5.41, 5.74) is 15.1. The average Bonchev–Trinajstić information content (AvgIpc) is 3.87. The zero-order chi connectivity index (χ0) is 41.0. The first kappa shape index (κ1) is 35.8. The van der Waals surface area contributed by atoms with Crippen molar-refractivity contribution in [2.24, 2.45) is 0 Å². The highest BCUT2D eigenvalue weighted by atomic mass is 15.2. The van der Waals surface area contributed by atoms with Crippen LogP contribution in [0.1, 0.15) is 17.9 Å². The van der Waals surface area contributed by atoms with E-state index in [9.17, 15) is 0 Å². The van der Waals surface area contributed by atoms with Crippen molar-refractivity contribution in [3.63, 3.8) is 0 Å². The van der Waals surface area contributed by atoms with Crippen molar-refractivity contribution >= 4 is 44.9 Å². The number of nitrogens with zero attached hydrogens (tertiary/aromatic N) is 4. The SMILES string of the molecule is C1=c2c(n(-c3nccc(-c4cccc(-c5ccc(-c6ccccc6)cc5)c4)n3)c3ccccc23)=CCC1c1ccc2c(c1)c1ccccc1n2-c1ccc(-c2ccccc2)cc1. The van der Waals surface area contributed by atoms with Gasteiger partial charge in [0, 0.05) is 44.7 Å². The van der Waals surface area contributed by atoms with Gasteiger partial charge in [-0.15, -0.1) is 0 Å². The third kappa shape index (κ3) is 6.15. The van der Waals surface area contributed by atoms with Crippen molar-refractivity contribution in [1.82, 2.24) is 19.1 Å². The molecule has 292 valence electrons. The molecule has 4 nitrogen and oxygen atoms in total. The molecule has 8 aromatic carbocycles. The summed E-state index contributed by atoms with van der Waals surface area (Å²) >= 11 is 0. The molecule has 0 saturated carbocycles. The van der Waals surface area contributed by atoms with E-state index in [1.807, 2.05) is 12.3 Å². The minimum absolute atomic E-state index is 0.218. The lowest BCUT2D eigenvalue weighted by Gasteiger charge is -2.15. The summed E-state index contributed by atoms with van der Waals surface area (Å²) in [5.74, 6) is 0.891. The normalized spacial score (nSPS) is 13.5. The van der Waals surface area contributed by atoms with Gasteiger partial charge < -0.3 is 4.57 Å². The van der Waals surface area contributed by atoms with Gasteiger partial charge in [0.05, 0.1) is 27.6 Å². The molecule has 1 aliphatic carbocycles. The van der Waals surface area contributed by atoms with Crippen LogP contribution in [0.15, 0.2) is 212 Å². The molecule has 4 heteroatoms. The fraction of sp³-hybridized carbons (Fsp3) is 0.0345. The molecule has 0 fully saturated rings. The molecule has 1 aliphatic rings. The van der Waals surface area contributed by atoms with Crippen LogP contribution in [0.3, 0.4) is 0 Å². The highest BCUT2D eigenvalue weighted by Gasteiger charge is 2.20. The molecule has 0 N–H and O–H groups in total. The maximum absolute atomic E-state index is 5.24. The number of hydrogen-bond acceptors (Lipinski definition) is 2. The van der Waals surface area contributed by atoms with Crippen molar-refractivity contribution in [3.05, 3.63) is 229 Å². The topological polar surface area (TPSA) is 35.6 Å². The lowest BCUT2D eigenvalue weighted by molar-refractivity contribution is 0.887. The van der Waals surface area contributed by atoms with E-state index in [1.54, 1.807) is 0 Å². The van der Waals surface area contributed by atoms with Gasteiger partial charge in [-0.2, -0.15) is 0 Å². The second-order valence-electron chi connectivity index (χ2n) is 16.2. The second kappa shape index (κ2) is 14.9. The van der Waals surface area contributed by atoms with Gasteiger partial charge in [0.15, 0.2) is 0 Å². The molecule has 3 heterocycles. The van der Waals surface area contributed by atoms with E-state index in [-0.39, 0.29) is 5.92 Å². The molecule has 12 rings (SSSR count). The molecule has 11 aromatic rings. The van der Waals surface area contributed by atoms with Crippen LogP contribution in [0.4, 0.5) is 0 Å². The molecular formula is C58H40N4. The third-order valence-electron chi connectivity index (χ3n) is 12.6. The predicted octanol–water partition coefficient (Wildman–Crippen LogP) is 12.9. The summed E-state index contributed by atoms with van der Waals surface area (Å²) in [7, 11) is 0. The zero-order valence-electron chi connectivity index (χ0n) is 33.9. The molecule has 1 unspecified atom stereocenters. The Hall–Kier alpha value is -8.08. The first-order valence-electron chi connectivity index (χ1n) is 21.3. The van der Waals surface area contributed by atoms with Crippen LogP contribution in [-0.4, -0.2) is 19.1 Å². The first-order chi connectivity index (χ1) is 30.7. The summed E-state index contributed by atoms with van der Waals surface area (Å²) in [6.07, 6.45) is 7.61. The highest BCUT2D eigenvalue weighted by Crippen LogP contribution is 2.36. The first-order valence-corrected chi connectivity index (χ1v) is 21.3. The standard InChI is InChI=1S/C58H40N4/c1-3-12-39(13-4-1)41-22-24-43(25-23-41)44-16-11-17-47(36-44)53-34-35-59-58(60-53)62-55-21-10-8-19-50(55)52-38-46(29-33-57(52)62)45-28-32-56-51(37-45)49-18-7-9-20-54(49)61(56)48-30-26-42(27-31-48)40-14-5-2-6-15-40/h1-28,30-38,46H,29H2. The second-order valence-corrected chi connectivity index (χ2v) is 16.2. The van der Waals surface area contributed by atoms with E-state index in [2.05, 4.69) is 221 Å². The smallest absolute Gasteiger partial charge is 0.235 e. The minimum atomic E-state index is 0.218. The van der Waals surface area contributed by atoms with Crippen LogP contribution in [0.25, 0.3) is 101 Å². The molecule has 0 spiro atoms. The molecule has 0 bridgehead atoms. The zero-order valence-corrected chi connectivity index (χ0v) is 33.9. The monoisotopic (exact) mass is 792 g/mol. The summed E-state index contributed by atoms with van der Waals surface area (Å²) in [5, 5.41) is 6.11. The summed E-state index contributed by atoms with van der Waals surface area (Å²) < 4.78 is 4.65. The molecule has 62 heavy (non-hydrogen) atoms. The van der Waals surface area contributed by atoms with Crippen molar-refractivity contribution in [2.75, 3.05) is 0 Å². The van der Waals surface area contributed by atoms with Crippen LogP contribution in [0.2, 0.25) is 0 Å². The molecule has 0 radical (unpaired) electrons. The lowest BCUT2D eigenvalue weighted by Crippen LogP contribution is -2.32. The van der Waals surface area contributed by atoms with Gasteiger partial charge in [0.1, 0.15) is 0 Å². The van der Waals surface area contributed by atoms with E-state index >= 15 is 0 Å². The van der Waals surface area contributed by atoms with Crippen LogP contribution in [-0.2, 0) is 0 Å². The maximum Gasteiger partial charge on any atom is 0.235 e. The van der Waals surface area contributed by atoms with Gasteiger partial charge >= 0.3 is 0 Å². The van der Waals surface area contributed by atoms with Crippen molar-refractivity contribution in [2.45, 2.75) is 12.3 Å². The number of aromatic nitrogens is 4. The Bertz CT molecular complexity index is 3580. The van der Waals surface area contributed by atoms with Gasteiger partial charge in [0.2, 0.25) is 5.95 Å². The Labute approximate surface area is 359 Å². The van der Waals surface area contributed by atoms with E-state index < -0.39 is 0 Å². The van der Waals surface area contributed by atoms with E-state index in [1.165, 1.54) is 65.8 Å². The van der Waals surface area contributed by atoms with Gasteiger partial charge in [-0.25, -0.2) is 9.97 Å². The molecule has 1 atom stereocenters. The van der Waals surface area contributed by atoms with E-state index in [4.69, 9.17) is 9.97 Å². The number of rotatable bonds is 7. The third-order valence-corrected chi connectivity index (χ3v) is 12.6. The Morgan fingerprint density at radius 2 is 0.984 bits per heavy atom. The Kier molecular flexibility index (Phi) is 8.60. The van der Waals surface area contributed by atoms with Gasteiger partial charge in [0.25, 0.3) is 0 Å². The Balaban J connectivity index is 0.898. The fourth-order valence-electron chi connectivity index (χ4n) is 9.51. The van der Waals surface area contributed by atoms with Gasteiger partial charge in [-0.05, 0) is 93.9 Å². The van der Waals surface area contributed by atoms with Crippen molar-refractivity contribution in [1.29, 1.82) is 0 Å². The summed E-state index contributed by atoms with van der Waals surface area (Å²) in [4.78, 5) is 10.1. The number of hydrogen-bond donors (Lipinski definition) is 0. The van der Waals surface area contributed by atoms with Crippen LogP contribution in [0, 0.1) is 0 Å². The maximum atomic E-state index is 5.24. The molecular weight excluding hydrogens is 753 g/mol. The quantitative estimate of drug-likeness (QED) is 0.161. The Morgan fingerprint density at radius 1 is 0.419 bits per heavy atom. The highest BCUT2D eigenvalue weighted by molar-refractivity contribution is 6.09. The average molecular weight is 793 g/mol. The fourth-order valence-corrected chi connectivity index (χ4v) is 9.51. The summed E-state index contributed by atoms with van der Waals surface area (Å²) in [6.45, 7) is 0. The minimum Gasteiger partial charge on any atom is -0.309 e. The van der Waals surface area contributed by atoms with Crippen molar-refractivity contribution in [3.8, 4) is 56.3 Å². The number of para-hydroxylation sites is 2. The molecule has 0 aliphatic heterocycles. The van der Waals surface area contributed by atoms with Crippen LogP contribution < -0.4 is 10.6 Å². The van der Waals surface area contributed by atoms with E-state index in [0.29, 0.717) is 5.95 Å². The number of fused-ring (bicyclic) bond motifs is 6. The largest absolute Gasteiger partial charge is 0.309 e. The van der Waals surface area contributed by atoms with Crippen LogP contribution >= 0.6 is 0 Å². The van der Waals surface area contributed by atoms with Crippen LogP contribution in [0.5, 0.6) is 0 Å². The molecule has 0 amide bonds. The van der Waals surface area contributed by atoms with E-state index in [0.717, 1.165) is 39.8 Å². The summed E-state index contributed by atoms with van der Waals surface area (Å²) in [6, 6.07) is 74.0. The van der Waals surface area contributed by atoms with Crippen molar-refractivity contribution < 1.29 is 0 Å². The number of benzene rings is 8. The molecule has 3 aromatic heterocycles. The van der Waals surface area contributed by atoms with Gasteiger partial charge in [-0.3, -0.25) is 4.57 Å². The predicted molar refractivity (Wildman–Crippen MR) is 257 cm³/mol. The Morgan fingerprint density at radius 3 is 1.71 bits per heavy atom. The lowest BCUT2D eigenvalue weighted by atomic mass is 9.90.